The topological polar surface area (TPSA) is 102 Å². The molecule has 7 nitrogen and oxygen atoms in total. The van der Waals surface area contributed by atoms with Gasteiger partial charge in [0.1, 0.15) is 4.90 Å². The van der Waals surface area contributed by atoms with E-state index in [-0.39, 0.29) is 15.5 Å². The first-order chi connectivity index (χ1) is 12.8. The minimum atomic E-state index is -4.01. The highest BCUT2D eigenvalue weighted by atomic mass is 35.5. The van der Waals surface area contributed by atoms with Crippen molar-refractivity contribution >= 4 is 33.5 Å². The van der Waals surface area contributed by atoms with E-state index in [0.29, 0.717) is 13.0 Å². The number of hydrogen-bond acceptors (Lipinski definition) is 5. The second-order valence-corrected chi connectivity index (χ2v) is 7.69. The number of ether oxygens (including phenoxy) is 1. The minimum absolute atomic E-state index is 0.125. The van der Waals surface area contributed by atoms with E-state index in [2.05, 4.69) is 14.8 Å². The molecule has 2 aromatic rings. The van der Waals surface area contributed by atoms with E-state index in [1.807, 2.05) is 30.3 Å². The molecule has 1 amide bonds. The van der Waals surface area contributed by atoms with Gasteiger partial charge in [0.05, 0.1) is 24.2 Å². The maximum atomic E-state index is 12.3. The Morgan fingerprint density at radius 3 is 2.44 bits per heavy atom. The number of hydrogen-bond donors (Lipinski definition) is 2. The number of rotatable bonds is 8. The van der Waals surface area contributed by atoms with E-state index in [4.69, 9.17) is 11.6 Å². The van der Waals surface area contributed by atoms with Crippen LogP contribution in [0, 0.1) is 0 Å². The fraction of sp³-hybridized carbons (Fsp3) is 0.222. The lowest BCUT2D eigenvalue weighted by Crippen LogP contribution is -2.37. The third-order valence-corrected chi connectivity index (χ3v) is 5.53. The van der Waals surface area contributed by atoms with Crippen molar-refractivity contribution in [3.8, 4) is 0 Å². The highest BCUT2D eigenvalue weighted by Gasteiger charge is 2.20. The summed E-state index contributed by atoms with van der Waals surface area (Å²) in [6.45, 7) is -0.0363. The largest absolute Gasteiger partial charge is 0.465 e. The summed E-state index contributed by atoms with van der Waals surface area (Å²) in [6, 6.07) is 13.3. The van der Waals surface area contributed by atoms with Gasteiger partial charge in [0.2, 0.25) is 15.9 Å². The Hall–Kier alpha value is -2.42. The van der Waals surface area contributed by atoms with Gasteiger partial charge in [-0.25, -0.2) is 17.9 Å². The quantitative estimate of drug-likeness (QED) is 0.646. The molecule has 27 heavy (non-hydrogen) atoms. The van der Waals surface area contributed by atoms with Crippen LogP contribution in [0.2, 0.25) is 5.02 Å². The summed E-state index contributed by atoms with van der Waals surface area (Å²) in [6.07, 6.45) is 0.639. The predicted octanol–water partition coefficient (Wildman–Crippen LogP) is 1.76. The van der Waals surface area contributed by atoms with Gasteiger partial charge < -0.3 is 10.1 Å². The smallest absolute Gasteiger partial charge is 0.337 e. The summed E-state index contributed by atoms with van der Waals surface area (Å²) in [4.78, 5) is 23.1. The summed E-state index contributed by atoms with van der Waals surface area (Å²) in [7, 11) is -2.80. The maximum absolute atomic E-state index is 12.3. The second-order valence-electron chi connectivity index (χ2n) is 5.55. The molecule has 2 N–H and O–H groups in total. The van der Waals surface area contributed by atoms with Crippen LogP contribution in [0.25, 0.3) is 0 Å². The Morgan fingerprint density at radius 1 is 1.11 bits per heavy atom. The van der Waals surface area contributed by atoms with E-state index in [1.54, 1.807) is 0 Å². The lowest BCUT2D eigenvalue weighted by atomic mass is 10.1. The van der Waals surface area contributed by atoms with Crippen molar-refractivity contribution in [3.05, 3.63) is 64.7 Å². The van der Waals surface area contributed by atoms with Crippen LogP contribution in [0.3, 0.4) is 0 Å². The third kappa shape index (κ3) is 6.06. The Bertz CT molecular complexity index is 917. The molecule has 144 valence electrons. The number of esters is 1. The van der Waals surface area contributed by atoms with E-state index in [1.165, 1.54) is 25.3 Å². The molecule has 0 atom stereocenters. The Morgan fingerprint density at radius 2 is 1.81 bits per heavy atom. The molecule has 0 heterocycles. The zero-order valence-corrected chi connectivity index (χ0v) is 16.1. The van der Waals surface area contributed by atoms with Gasteiger partial charge in [0.15, 0.2) is 0 Å². The van der Waals surface area contributed by atoms with E-state index in [0.717, 1.165) is 5.56 Å². The van der Waals surface area contributed by atoms with Crippen LogP contribution in [0.4, 0.5) is 0 Å². The van der Waals surface area contributed by atoms with Gasteiger partial charge in [0, 0.05) is 6.54 Å². The first kappa shape index (κ1) is 20.9. The Kier molecular flexibility index (Phi) is 7.35. The first-order valence-corrected chi connectivity index (χ1v) is 9.88. The molecule has 0 radical (unpaired) electrons. The number of nitrogens with one attached hydrogen (secondary N) is 2. The molecular formula is C18H19ClN2O5S. The Balaban J connectivity index is 1.90. The third-order valence-electron chi connectivity index (χ3n) is 3.64. The molecule has 0 aromatic heterocycles. The summed E-state index contributed by atoms with van der Waals surface area (Å²) in [5.74, 6) is -1.09. The van der Waals surface area contributed by atoms with Crippen molar-refractivity contribution in [1.29, 1.82) is 0 Å². The van der Waals surface area contributed by atoms with Gasteiger partial charge in [-0.05, 0) is 30.2 Å². The van der Waals surface area contributed by atoms with E-state index < -0.39 is 28.4 Å². The average molecular weight is 411 g/mol. The summed E-state index contributed by atoms with van der Waals surface area (Å²) < 4.78 is 31.4. The van der Waals surface area contributed by atoms with Gasteiger partial charge >= 0.3 is 5.97 Å². The summed E-state index contributed by atoms with van der Waals surface area (Å²) in [5.41, 5.74) is 1.19. The highest BCUT2D eigenvalue weighted by molar-refractivity contribution is 7.89. The van der Waals surface area contributed by atoms with Crippen LogP contribution in [0.5, 0.6) is 0 Å². The van der Waals surface area contributed by atoms with Gasteiger partial charge in [-0.3, -0.25) is 4.79 Å². The van der Waals surface area contributed by atoms with Crippen molar-refractivity contribution in [2.45, 2.75) is 11.3 Å². The molecule has 0 aliphatic rings. The van der Waals surface area contributed by atoms with Crippen LogP contribution in [0.15, 0.2) is 53.4 Å². The summed E-state index contributed by atoms with van der Waals surface area (Å²) in [5, 5.41) is 2.50. The van der Waals surface area contributed by atoms with Crippen LogP contribution in [0.1, 0.15) is 15.9 Å². The molecule has 0 fully saturated rings. The number of carbonyl (C=O) groups is 2. The number of halogens is 1. The van der Waals surface area contributed by atoms with Gasteiger partial charge in [-0.1, -0.05) is 41.9 Å². The SMILES string of the molecule is COC(=O)c1ccc(S(=O)(=O)NCC(=O)NCCc2ccccc2)c(Cl)c1. The predicted molar refractivity (Wildman–Crippen MR) is 101 cm³/mol. The highest BCUT2D eigenvalue weighted by Crippen LogP contribution is 2.22. The fourth-order valence-corrected chi connectivity index (χ4v) is 3.78. The zero-order chi connectivity index (χ0) is 19.9. The van der Waals surface area contributed by atoms with Crippen molar-refractivity contribution in [2.75, 3.05) is 20.2 Å². The fourth-order valence-electron chi connectivity index (χ4n) is 2.26. The molecule has 9 heteroatoms. The molecule has 0 aliphatic carbocycles. The maximum Gasteiger partial charge on any atom is 0.337 e. The van der Waals surface area contributed by atoms with Crippen molar-refractivity contribution in [3.63, 3.8) is 0 Å². The minimum Gasteiger partial charge on any atom is -0.465 e. The molecular weight excluding hydrogens is 392 g/mol. The lowest BCUT2D eigenvalue weighted by molar-refractivity contribution is -0.119. The van der Waals surface area contributed by atoms with Crippen LogP contribution < -0.4 is 10.0 Å². The van der Waals surface area contributed by atoms with E-state index >= 15 is 0 Å². The molecule has 0 bridgehead atoms. The van der Waals surface area contributed by atoms with Crippen molar-refractivity contribution in [1.82, 2.24) is 10.0 Å². The molecule has 0 unspecified atom stereocenters. The van der Waals surface area contributed by atoms with Gasteiger partial charge in [-0.2, -0.15) is 0 Å². The number of methoxy groups -OCH3 is 1. The molecule has 2 aromatic carbocycles. The monoisotopic (exact) mass is 410 g/mol. The van der Waals surface area contributed by atoms with Gasteiger partial charge in [-0.15, -0.1) is 0 Å². The average Bonchev–Trinajstić information content (AvgIpc) is 2.66. The molecule has 0 saturated carbocycles. The molecule has 0 spiro atoms. The van der Waals surface area contributed by atoms with Crippen molar-refractivity contribution < 1.29 is 22.7 Å². The zero-order valence-electron chi connectivity index (χ0n) is 14.6. The normalized spacial score (nSPS) is 11.0. The first-order valence-electron chi connectivity index (χ1n) is 8.01. The molecule has 2 rings (SSSR count). The number of amides is 1. The standard InChI is InChI=1S/C18H19ClN2O5S/c1-26-18(23)14-7-8-16(15(19)11-14)27(24,25)21-12-17(22)20-10-9-13-5-3-2-4-6-13/h2-8,11,21H,9-10,12H2,1H3,(H,20,22). The van der Waals surface area contributed by atoms with Gasteiger partial charge in [0.25, 0.3) is 0 Å². The van der Waals surface area contributed by atoms with Crippen LogP contribution >= 0.6 is 11.6 Å². The van der Waals surface area contributed by atoms with Crippen molar-refractivity contribution in [2.24, 2.45) is 0 Å². The van der Waals surface area contributed by atoms with E-state index in [9.17, 15) is 18.0 Å². The number of carbonyl (C=O) groups excluding carboxylic acids is 2. The van der Waals surface area contributed by atoms with Crippen LogP contribution in [-0.2, 0) is 26.0 Å². The molecule has 0 saturated heterocycles. The summed E-state index contributed by atoms with van der Waals surface area (Å²) >= 11 is 5.95. The lowest BCUT2D eigenvalue weighted by Gasteiger charge is -2.10. The second kappa shape index (κ2) is 9.50. The number of benzene rings is 2. The molecule has 0 aliphatic heterocycles. The Labute approximate surface area is 162 Å². The number of sulfonamides is 1. The van der Waals surface area contributed by atoms with Crippen LogP contribution in [-0.4, -0.2) is 40.5 Å².